The SMILES string of the molecule is CC(C)C(O)CNC(=O)c1cnc2c(c1)ncn2C. The molecule has 19 heavy (non-hydrogen) atoms. The van der Waals surface area contributed by atoms with Crippen molar-refractivity contribution in [3.05, 3.63) is 24.2 Å². The molecule has 2 rings (SSSR count). The molecular weight excluding hydrogens is 244 g/mol. The number of nitrogens with one attached hydrogen (secondary N) is 1. The zero-order chi connectivity index (χ0) is 14.0. The molecule has 102 valence electrons. The lowest BCUT2D eigenvalue weighted by Gasteiger charge is -2.14. The van der Waals surface area contributed by atoms with Gasteiger partial charge in [0.25, 0.3) is 5.91 Å². The Bertz CT molecular complexity index is 591. The Kier molecular flexibility index (Phi) is 3.80. The summed E-state index contributed by atoms with van der Waals surface area (Å²) in [5, 5.41) is 12.3. The first-order valence-electron chi connectivity index (χ1n) is 6.22. The molecule has 2 aromatic heterocycles. The molecular formula is C13H18N4O2. The van der Waals surface area contributed by atoms with Crippen LogP contribution < -0.4 is 5.32 Å². The second kappa shape index (κ2) is 5.36. The minimum absolute atomic E-state index is 0.108. The number of carbonyl (C=O) groups is 1. The third-order valence-electron chi connectivity index (χ3n) is 3.05. The summed E-state index contributed by atoms with van der Waals surface area (Å²) in [7, 11) is 1.85. The first-order chi connectivity index (χ1) is 8.99. The van der Waals surface area contributed by atoms with Crippen LogP contribution >= 0.6 is 0 Å². The van der Waals surface area contributed by atoms with Crippen molar-refractivity contribution in [2.75, 3.05) is 6.54 Å². The molecule has 0 spiro atoms. The van der Waals surface area contributed by atoms with E-state index in [1.165, 1.54) is 6.20 Å². The molecule has 0 aliphatic carbocycles. The Labute approximate surface area is 111 Å². The average Bonchev–Trinajstić information content (AvgIpc) is 2.76. The molecule has 0 aromatic carbocycles. The van der Waals surface area contributed by atoms with Crippen LogP contribution in [0.1, 0.15) is 24.2 Å². The minimum Gasteiger partial charge on any atom is -0.391 e. The Balaban J connectivity index is 2.09. The van der Waals surface area contributed by atoms with Gasteiger partial charge in [-0.15, -0.1) is 0 Å². The zero-order valence-electron chi connectivity index (χ0n) is 11.3. The van der Waals surface area contributed by atoms with Gasteiger partial charge in [0.15, 0.2) is 5.65 Å². The van der Waals surface area contributed by atoms with Gasteiger partial charge in [-0.3, -0.25) is 4.79 Å². The highest BCUT2D eigenvalue weighted by Gasteiger charge is 2.13. The number of hydrogen-bond acceptors (Lipinski definition) is 4. The predicted molar refractivity (Wildman–Crippen MR) is 71.7 cm³/mol. The van der Waals surface area contributed by atoms with Crippen molar-refractivity contribution in [2.24, 2.45) is 13.0 Å². The van der Waals surface area contributed by atoms with Gasteiger partial charge in [0.1, 0.15) is 5.52 Å². The summed E-state index contributed by atoms with van der Waals surface area (Å²) in [5.74, 6) is -0.142. The van der Waals surface area contributed by atoms with Gasteiger partial charge in [0.05, 0.1) is 18.0 Å². The minimum atomic E-state index is -0.546. The number of hydrogen-bond donors (Lipinski definition) is 2. The second-order valence-corrected chi connectivity index (χ2v) is 4.94. The van der Waals surface area contributed by atoms with E-state index in [2.05, 4.69) is 15.3 Å². The zero-order valence-corrected chi connectivity index (χ0v) is 11.3. The molecule has 1 atom stereocenters. The van der Waals surface area contributed by atoms with E-state index < -0.39 is 6.10 Å². The van der Waals surface area contributed by atoms with Gasteiger partial charge in [0, 0.05) is 19.8 Å². The number of nitrogens with zero attached hydrogens (tertiary/aromatic N) is 3. The molecule has 1 amide bonds. The highest BCUT2D eigenvalue weighted by Crippen LogP contribution is 2.10. The van der Waals surface area contributed by atoms with E-state index in [-0.39, 0.29) is 18.4 Å². The molecule has 0 saturated carbocycles. The third kappa shape index (κ3) is 2.90. The predicted octanol–water partition coefficient (Wildman–Crippen LogP) is 0.715. The number of aromatic nitrogens is 3. The Hall–Kier alpha value is -1.95. The number of aliphatic hydroxyl groups is 1. The molecule has 0 fully saturated rings. The van der Waals surface area contributed by atoms with E-state index in [9.17, 15) is 9.90 Å². The van der Waals surface area contributed by atoms with Crippen molar-refractivity contribution >= 4 is 17.1 Å². The Morgan fingerprint density at radius 2 is 2.21 bits per heavy atom. The second-order valence-electron chi connectivity index (χ2n) is 4.94. The van der Waals surface area contributed by atoms with E-state index in [4.69, 9.17) is 0 Å². The molecule has 0 saturated heterocycles. The summed E-state index contributed by atoms with van der Waals surface area (Å²) in [5.41, 5.74) is 1.86. The first-order valence-corrected chi connectivity index (χ1v) is 6.22. The number of fused-ring (bicyclic) bond motifs is 1. The van der Waals surface area contributed by atoms with Gasteiger partial charge in [-0.1, -0.05) is 13.8 Å². The van der Waals surface area contributed by atoms with Crippen LogP contribution in [0.2, 0.25) is 0 Å². The fourth-order valence-electron chi connectivity index (χ4n) is 1.68. The standard InChI is InChI=1S/C13H18N4O2/c1-8(2)11(18)6-15-13(19)9-4-10-12(14-5-9)17(3)7-16-10/h4-5,7-8,11,18H,6H2,1-3H3,(H,15,19). The van der Waals surface area contributed by atoms with E-state index in [0.29, 0.717) is 11.1 Å². The van der Waals surface area contributed by atoms with Crippen molar-refractivity contribution in [1.29, 1.82) is 0 Å². The number of imidazole rings is 1. The number of pyridine rings is 1. The maximum Gasteiger partial charge on any atom is 0.253 e. The van der Waals surface area contributed by atoms with Crippen LogP contribution in [0.4, 0.5) is 0 Å². The molecule has 6 heteroatoms. The van der Waals surface area contributed by atoms with E-state index in [1.807, 2.05) is 20.9 Å². The molecule has 2 heterocycles. The van der Waals surface area contributed by atoms with Crippen LogP contribution in [-0.4, -0.2) is 38.2 Å². The fraction of sp³-hybridized carbons (Fsp3) is 0.462. The number of aryl methyl sites for hydroxylation is 1. The summed E-state index contributed by atoms with van der Waals surface area (Å²) in [6.45, 7) is 4.04. The van der Waals surface area contributed by atoms with E-state index in [1.54, 1.807) is 17.0 Å². The van der Waals surface area contributed by atoms with Crippen molar-refractivity contribution < 1.29 is 9.90 Å². The quantitative estimate of drug-likeness (QED) is 0.850. The van der Waals surface area contributed by atoms with Crippen molar-refractivity contribution in [3.63, 3.8) is 0 Å². The number of rotatable bonds is 4. The Morgan fingerprint density at radius 1 is 1.47 bits per heavy atom. The summed E-state index contributed by atoms with van der Waals surface area (Å²) < 4.78 is 1.79. The number of carbonyl (C=O) groups excluding carboxylic acids is 1. The van der Waals surface area contributed by atoms with Crippen molar-refractivity contribution in [2.45, 2.75) is 20.0 Å². The van der Waals surface area contributed by atoms with Crippen LogP contribution in [0, 0.1) is 5.92 Å². The maximum atomic E-state index is 11.9. The number of amides is 1. The fourth-order valence-corrected chi connectivity index (χ4v) is 1.68. The molecule has 0 radical (unpaired) electrons. The van der Waals surface area contributed by atoms with Gasteiger partial charge in [-0.05, 0) is 12.0 Å². The van der Waals surface area contributed by atoms with Crippen LogP contribution in [0.3, 0.4) is 0 Å². The van der Waals surface area contributed by atoms with Crippen LogP contribution in [0.5, 0.6) is 0 Å². The lowest BCUT2D eigenvalue weighted by Crippen LogP contribution is -2.34. The topological polar surface area (TPSA) is 80.0 Å². The monoisotopic (exact) mass is 262 g/mol. The molecule has 2 aromatic rings. The van der Waals surface area contributed by atoms with Crippen LogP contribution in [0.15, 0.2) is 18.6 Å². The largest absolute Gasteiger partial charge is 0.391 e. The summed E-state index contributed by atoms with van der Waals surface area (Å²) in [4.78, 5) is 20.3. The lowest BCUT2D eigenvalue weighted by atomic mass is 10.1. The smallest absolute Gasteiger partial charge is 0.253 e. The number of aliphatic hydroxyl groups excluding tert-OH is 1. The van der Waals surface area contributed by atoms with Gasteiger partial charge < -0.3 is 15.0 Å². The normalized spacial score (nSPS) is 12.9. The van der Waals surface area contributed by atoms with E-state index >= 15 is 0 Å². The molecule has 6 nitrogen and oxygen atoms in total. The third-order valence-corrected chi connectivity index (χ3v) is 3.05. The molecule has 0 bridgehead atoms. The van der Waals surface area contributed by atoms with Gasteiger partial charge in [0.2, 0.25) is 0 Å². The van der Waals surface area contributed by atoms with Crippen LogP contribution in [0.25, 0.3) is 11.2 Å². The van der Waals surface area contributed by atoms with Gasteiger partial charge >= 0.3 is 0 Å². The van der Waals surface area contributed by atoms with E-state index in [0.717, 1.165) is 5.65 Å². The van der Waals surface area contributed by atoms with Crippen molar-refractivity contribution in [1.82, 2.24) is 19.9 Å². The van der Waals surface area contributed by atoms with Gasteiger partial charge in [-0.2, -0.15) is 0 Å². The highest BCUT2D eigenvalue weighted by molar-refractivity contribution is 5.96. The van der Waals surface area contributed by atoms with Crippen molar-refractivity contribution in [3.8, 4) is 0 Å². The lowest BCUT2D eigenvalue weighted by molar-refractivity contribution is 0.0871. The summed E-state index contributed by atoms with van der Waals surface area (Å²) >= 11 is 0. The highest BCUT2D eigenvalue weighted by atomic mass is 16.3. The van der Waals surface area contributed by atoms with Gasteiger partial charge in [-0.25, -0.2) is 9.97 Å². The molecule has 0 aliphatic rings. The average molecular weight is 262 g/mol. The summed E-state index contributed by atoms with van der Waals surface area (Å²) in [6, 6.07) is 1.69. The summed E-state index contributed by atoms with van der Waals surface area (Å²) in [6.07, 6.45) is 2.62. The maximum absolute atomic E-state index is 11.9. The Morgan fingerprint density at radius 3 is 2.89 bits per heavy atom. The first kappa shape index (κ1) is 13.5. The molecule has 0 aliphatic heterocycles. The molecule has 2 N–H and O–H groups in total. The molecule has 1 unspecified atom stereocenters. The van der Waals surface area contributed by atoms with Crippen LogP contribution in [-0.2, 0) is 7.05 Å².